The van der Waals surface area contributed by atoms with Crippen LogP contribution in [0.3, 0.4) is 0 Å². The molecule has 2 aromatic rings. The molecular weight excluding hydrogens is 388 g/mol. The summed E-state index contributed by atoms with van der Waals surface area (Å²) in [5.74, 6) is 0.879. The molecule has 1 atom stereocenters. The van der Waals surface area contributed by atoms with Gasteiger partial charge in [0.2, 0.25) is 0 Å². The number of benzene rings is 1. The number of nitrogens with zero attached hydrogens (tertiary/aromatic N) is 4. The molecule has 4 rings (SSSR count). The lowest BCUT2D eigenvalue weighted by molar-refractivity contribution is 0.0682. The van der Waals surface area contributed by atoms with Gasteiger partial charge in [-0.1, -0.05) is 18.6 Å². The number of aromatic nitrogens is 1. The Kier molecular flexibility index (Phi) is 7.16. The van der Waals surface area contributed by atoms with E-state index in [-0.39, 0.29) is 5.91 Å². The number of hydrogen-bond acceptors (Lipinski definition) is 5. The Bertz CT molecular complexity index is 922. The average Bonchev–Trinajstić information content (AvgIpc) is 2.82. The minimum Gasteiger partial charge on any atom is -0.494 e. The SMILES string of the molecule is N#Cc1ccc(C(=O)N2CCCOc3cccc(c3)CCC3CCCCN3CC2)cn1. The number of piperidine rings is 1. The lowest BCUT2D eigenvalue weighted by atomic mass is 9.95. The van der Waals surface area contributed by atoms with Crippen molar-refractivity contribution in [3.8, 4) is 11.8 Å². The third-order valence-corrected chi connectivity index (χ3v) is 6.32. The molecule has 0 radical (unpaired) electrons. The predicted octanol–water partition coefficient (Wildman–Crippen LogP) is 3.67. The Morgan fingerprint density at radius 3 is 2.84 bits per heavy atom. The molecule has 1 unspecified atom stereocenters. The number of fused-ring (bicyclic) bond motifs is 3. The summed E-state index contributed by atoms with van der Waals surface area (Å²) in [5.41, 5.74) is 2.19. The van der Waals surface area contributed by atoms with Gasteiger partial charge in [0, 0.05) is 31.9 Å². The molecule has 0 N–H and O–H groups in total. The molecule has 0 aliphatic carbocycles. The fourth-order valence-corrected chi connectivity index (χ4v) is 4.58. The highest BCUT2D eigenvalue weighted by molar-refractivity contribution is 5.94. The monoisotopic (exact) mass is 418 g/mol. The molecule has 6 heteroatoms. The van der Waals surface area contributed by atoms with Crippen molar-refractivity contribution in [2.24, 2.45) is 0 Å². The van der Waals surface area contributed by atoms with Crippen LogP contribution in [0.1, 0.15) is 53.7 Å². The first-order chi connectivity index (χ1) is 15.2. The molecule has 6 nitrogen and oxygen atoms in total. The maximum Gasteiger partial charge on any atom is 0.255 e. The summed E-state index contributed by atoms with van der Waals surface area (Å²) in [4.78, 5) is 21.8. The van der Waals surface area contributed by atoms with Crippen LogP contribution < -0.4 is 4.74 Å². The number of nitriles is 1. The van der Waals surface area contributed by atoms with Gasteiger partial charge in [-0.15, -0.1) is 0 Å². The van der Waals surface area contributed by atoms with E-state index in [4.69, 9.17) is 10.00 Å². The standard InChI is InChI=1S/C25H30N4O2/c26-18-22-10-9-21(19-27-22)25(30)29-13-4-16-31-24-7-3-5-20(17-24)8-11-23-6-1-2-12-28(23)14-15-29/h3,5,7,9-10,17,19,23H,1-2,4,6,8,11-16H2. The molecule has 3 heterocycles. The van der Waals surface area contributed by atoms with Gasteiger partial charge in [-0.25, -0.2) is 4.98 Å². The number of pyridine rings is 1. The Hall–Kier alpha value is -2.91. The first-order valence-electron chi connectivity index (χ1n) is 11.3. The van der Waals surface area contributed by atoms with E-state index in [1.165, 1.54) is 31.0 Å². The minimum absolute atomic E-state index is 0.0281. The van der Waals surface area contributed by atoms with E-state index in [0.29, 0.717) is 37.0 Å². The molecule has 162 valence electrons. The Morgan fingerprint density at radius 2 is 2.00 bits per heavy atom. The van der Waals surface area contributed by atoms with Gasteiger partial charge < -0.3 is 9.64 Å². The normalized spacial score (nSPS) is 20.6. The van der Waals surface area contributed by atoms with Crippen LogP contribution in [0.2, 0.25) is 0 Å². The second-order valence-electron chi connectivity index (χ2n) is 8.41. The molecule has 1 fully saturated rings. The summed E-state index contributed by atoms with van der Waals surface area (Å²) < 4.78 is 5.97. The molecule has 1 saturated heterocycles. The molecular formula is C25H30N4O2. The van der Waals surface area contributed by atoms with E-state index in [1.807, 2.05) is 17.0 Å². The van der Waals surface area contributed by atoms with Crippen molar-refractivity contribution in [2.75, 3.05) is 32.8 Å². The minimum atomic E-state index is -0.0281. The van der Waals surface area contributed by atoms with Gasteiger partial charge in [0.1, 0.15) is 17.5 Å². The van der Waals surface area contributed by atoms with Crippen LogP contribution >= 0.6 is 0 Å². The van der Waals surface area contributed by atoms with E-state index < -0.39 is 0 Å². The summed E-state index contributed by atoms with van der Waals surface area (Å²) in [6, 6.07) is 14.3. The highest BCUT2D eigenvalue weighted by Gasteiger charge is 2.24. The molecule has 2 aliphatic rings. The van der Waals surface area contributed by atoms with E-state index in [0.717, 1.165) is 38.1 Å². The third kappa shape index (κ3) is 5.62. The number of amides is 1. The number of ether oxygens (including phenoxy) is 1. The van der Waals surface area contributed by atoms with E-state index in [2.05, 4.69) is 28.1 Å². The van der Waals surface area contributed by atoms with Crippen molar-refractivity contribution >= 4 is 5.91 Å². The lowest BCUT2D eigenvalue weighted by Gasteiger charge is -2.37. The Labute approximate surface area is 184 Å². The zero-order valence-corrected chi connectivity index (χ0v) is 18.0. The van der Waals surface area contributed by atoms with Gasteiger partial charge in [0.15, 0.2) is 0 Å². The maximum absolute atomic E-state index is 13.2. The molecule has 2 bridgehead atoms. The number of aryl methyl sites for hydroxylation is 1. The molecule has 0 spiro atoms. The predicted molar refractivity (Wildman–Crippen MR) is 119 cm³/mol. The van der Waals surface area contributed by atoms with Gasteiger partial charge >= 0.3 is 0 Å². The summed E-state index contributed by atoms with van der Waals surface area (Å²) in [5, 5.41) is 8.97. The van der Waals surface area contributed by atoms with Crippen molar-refractivity contribution < 1.29 is 9.53 Å². The third-order valence-electron chi connectivity index (χ3n) is 6.32. The summed E-state index contributed by atoms with van der Waals surface area (Å²) in [6.45, 7) is 3.90. The van der Waals surface area contributed by atoms with Crippen molar-refractivity contribution in [3.63, 3.8) is 0 Å². The first-order valence-corrected chi connectivity index (χ1v) is 11.3. The molecule has 0 saturated carbocycles. The second-order valence-corrected chi connectivity index (χ2v) is 8.41. The zero-order valence-electron chi connectivity index (χ0n) is 18.0. The first kappa shape index (κ1) is 21.3. The van der Waals surface area contributed by atoms with Gasteiger partial charge in [-0.05, 0) is 68.5 Å². The maximum atomic E-state index is 13.2. The smallest absolute Gasteiger partial charge is 0.255 e. The van der Waals surface area contributed by atoms with Gasteiger partial charge in [-0.3, -0.25) is 9.69 Å². The number of rotatable bonds is 1. The molecule has 1 aromatic carbocycles. The van der Waals surface area contributed by atoms with Crippen LogP contribution in [0.5, 0.6) is 5.75 Å². The Balaban J connectivity index is 1.51. The molecule has 31 heavy (non-hydrogen) atoms. The largest absolute Gasteiger partial charge is 0.494 e. The van der Waals surface area contributed by atoms with E-state index in [1.54, 1.807) is 12.1 Å². The fourth-order valence-electron chi connectivity index (χ4n) is 4.58. The highest BCUT2D eigenvalue weighted by Crippen LogP contribution is 2.23. The average molecular weight is 419 g/mol. The second kappa shape index (κ2) is 10.4. The van der Waals surface area contributed by atoms with Crippen LogP contribution in [-0.4, -0.2) is 59.5 Å². The highest BCUT2D eigenvalue weighted by atomic mass is 16.5. The molecule has 2 aliphatic heterocycles. The summed E-state index contributed by atoms with van der Waals surface area (Å²) in [7, 11) is 0. The Morgan fingerprint density at radius 1 is 1.06 bits per heavy atom. The van der Waals surface area contributed by atoms with Crippen molar-refractivity contribution in [2.45, 2.75) is 44.6 Å². The molecule has 1 amide bonds. The quantitative estimate of drug-likeness (QED) is 0.707. The van der Waals surface area contributed by atoms with Crippen LogP contribution in [0, 0.1) is 11.3 Å². The molecule has 1 aromatic heterocycles. The van der Waals surface area contributed by atoms with E-state index in [9.17, 15) is 4.79 Å². The van der Waals surface area contributed by atoms with Crippen molar-refractivity contribution in [3.05, 3.63) is 59.4 Å². The van der Waals surface area contributed by atoms with Crippen LogP contribution in [0.25, 0.3) is 0 Å². The van der Waals surface area contributed by atoms with Crippen LogP contribution in [0.4, 0.5) is 0 Å². The zero-order chi connectivity index (χ0) is 21.5. The van der Waals surface area contributed by atoms with Crippen molar-refractivity contribution in [1.29, 1.82) is 5.26 Å². The number of hydrogen-bond donors (Lipinski definition) is 0. The number of carbonyl (C=O) groups is 1. The van der Waals surface area contributed by atoms with Gasteiger partial charge in [0.25, 0.3) is 5.91 Å². The van der Waals surface area contributed by atoms with Crippen LogP contribution in [0.15, 0.2) is 42.6 Å². The lowest BCUT2D eigenvalue weighted by Crippen LogP contribution is -2.45. The summed E-state index contributed by atoms with van der Waals surface area (Å²) >= 11 is 0. The van der Waals surface area contributed by atoms with Gasteiger partial charge in [0.05, 0.1) is 12.2 Å². The number of carbonyl (C=O) groups excluding carboxylic acids is 1. The van der Waals surface area contributed by atoms with Gasteiger partial charge in [-0.2, -0.15) is 5.26 Å². The topological polar surface area (TPSA) is 69.5 Å². The summed E-state index contributed by atoms with van der Waals surface area (Å²) in [6.07, 6.45) is 8.21. The van der Waals surface area contributed by atoms with Crippen LogP contribution in [-0.2, 0) is 6.42 Å². The van der Waals surface area contributed by atoms with Crippen molar-refractivity contribution in [1.82, 2.24) is 14.8 Å². The van der Waals surface area contributed by atoms with E-state index >= 15 is 0 Å². The fraction of sp³-hybridized carbons (Fsp3) is 0.480.